The molecule has 2 amide bonds. The maximum atomic E-state index is 12.2. The van der Waals surface area contributed by atoms with Crippen LogP contribution in [0.15, 0.2) is 18.2 Å². The largest absolute Gasteiger partial charge is 0.497 e. The van der Waals surface area contributed by atoms with Gasteiger partial charge in [-0.3, -0.25) is 9.59 Å². The summed E-state index contributed by atoms with van der Waals surface area (Å²) in [5.41, 5.74) is 0.458. The molecule has 0 aliphatic heterocycles. The van der Waals surface area contributed by atoms with Crippen LogP contribution in [0.5, 0.6) is 11.5 Å². The molecule has 128 valence electrons. The second-order valence-corrected chi connectivity index (χ2v) is 5.33. The van der Waals surface area contributed by atoms with Crippen LogP contribution in [-0.4, -0.2) is 50.1 Å². The van der Waals surface area contributed by atoms with E-state index in [1.54, 1.807) is 30.0 Å². The molecule has 1 aromatic carbocycles. The monoisotopic (exact) mass is 322 g/mol. The Labute approximate surface area is 137 Å². The number of amides is 2. The molecular weight excluding hydrogens is 296 g/mol. The lowest BCUT2D eigenvalue weighted by Gasteiger charge is -2.27. The summed E-state index contributed by atoms with van der Waals surface area (Å²) < 4.78 is 10.3. The van der Waals surface area contributed by atoms with Gasteiger partial charge in [-0.2, -0.15) is 0 Å². The van der Waals surface area contributed by atoms with Gasteiger partial charge in [-0.05, 0) is 25.5 Å². The summed E-state index contributed by atoms with van der Waals surface area (Å²) >= 11 is 0. The van der Waals surface area contributed by atoms with Gasteiger partial charge < -0.3 is 19.7 Å². The third-order valence-electron chi connectivity index (χ3n) is 3.78. The van der Waals surface area contributed by atoms with E-state index in [1.807, 2.05) is 13.8 Å². The van der Waals surface area contributed by atoms with E-state index in [4.69, 9.17) is 9.47 Å². The highest BCUT2D eigenvalue weighted by Crippen LogP contribution is 2.22. The number of carbonyl (C=O) groups excluding carboxylic acids is 2. The number of nitrogens with one attached hydrogen (secondary N) is 1. The van der Waals surface area contributed by atoms with Crippen molar-refractivity contribution in [1.29, 1.82) is 0 Å². The lowest BCUT2D eigenvalue weighted by Crippen LogP contribution is -2.42. The Morgan fingerprint density at radius 2 is 1.74 bits per heavy atom. The van der Waals surface area contributed by atoms with E-state index in [0.29, 0.717) is 30.2 Å². The first-order valence-electron chi connectivity index (χ1n) is 7.71. The molecule has 1 N–H and O–H groups in total. The van der Waals surface area contributed by atoms with Gasteiger partial charge in [-0.15, -0.1) is 0 Å². The number of methoxy groups -OCH3 is 2. The summed E-state index contributed by atoms with van der Waals surface area (Å²) in [6.07, 6.45) is 0.876. The Morgan fingerprint density at radius 3 is 2.17 bits per heavy atom. The zero-order chi connectivity index (χ0) is 17.4. The first-order valence-corrected chi connectivity index (χ1v) is 7.71. The van der Waals surface area contributed by atoms with Crippen LogP contribution in [0, 0.1) is 0 Å². The fourth-order valence-corrected chi connectivity index (χ4v) is 2.24. The summed E-state index contributed by atoms with van der Waals surface area (Å²) in [4.78, 5) is 25.6. The van der Waals surface area contributed by atoms with Crippen molar-refractivity contribution in [3.05, 3.63) is 23.8 Å². The quantitative estimate of drug-likeness (QED) is 0.796. The molecule has 23 heavy (non-hydrogen) atoms. The minimum atomic E-state index is -0.227. The Morgan fingerprint density at radius 1 is 1.17 bits per heavy atom. The molecule has 0 bridgehead atoms. The summed E-state index contributed by atoms with van der Waals surface area (Å²) in [6.45, 7) is 6.44. The number of ether oxygens (including phenoxy) is 2. The molecule has 1 rings (SSSR count). The molecule has 1 atom stereocenters. The van der Waals surface area contributed by atoms with Crippen LogP contribution in [0.2, 0.25) is 0 Å². The zero-order valence-corrected chi connectivity index (χ0v) is 14.5. The van der Waals surface area contributed by atoms with Crippen molar-refractivity contribution >= 4 is 11.8 Å². The summed E-state index contributed by atoms with van der Waals surface area (Å²) in [7, 11) is 3.07. The molecule has 0 aliphatic rings. The van der Waals surface area contributed by atoms with Crippen LogP contribution < -0.4 is 14.8 Å². The second-order valence-electron chi connectivity index (χ2n) is 5.33. The lowest BCUT2D eigenvalue weighted by molar-refractivity contribution is -0.130. The maximum absolute atomic E-state index is 12.2. The molecule has 0 spiro atoms. The van der Waals surface area contributed by atoms with Gasteiger partial charge in [0.2, 0.25) is 5.91 Å². The first-order chi connectivity index (χ1) is 10.9. The number of carbonyl (C=O) groups is 2. The van der Waals surface area contributed by atoms with Gasteiger partial charge >= 0.3 is 0 Å². The van der Waals surface area contributed by atoms with Crippen LogP contribution >= 0.6 is 0 Å². The third-order valence-corrected chi connectivity index (χ3v) is 3.78. The highest BCUT2D eigenvalue weighted by atomic mass is 16.5. The molecule has 0 fully saturated rings. The van der Waals surface area contributed by atoms with Crippen LogP contribution in [0.25, 0.3) is 0 Å². The Kier molecular flexibility index (Phi) is 7.38. The van der Waals surface area contributed by atoms with Gasteiger partial charge in [0, 0.05) is 37.7 Å². The molecule has 0 aliphatic carbocycles. The lowest BCUT2D eigenvalue weighted by atomic mass is 10.2. The fraction of sp³-hybridized carbons (Fsp3) is 0.529. The molecular formula is C17H26N2O4. The number of hydrogen-bond donors (Lipinski definition) is 1. The van der Waals surface area contributed by atoms with E-state index < -0.39 is 0 Å². The molecule has 6 heteroatoms. The summed E-state index contributed by atoms with van der Waals surface area (Å²) in [6, 6.07) is 5.16. The van der Waals surface area contributed by atoms with Gasteiger partial charge in [0.25, 0.3) is 5.91 Å². The van der Waals surface area contributed by atoms with Crippen molar-refractivity contribution in [2.75, 3.05) is 27.3 Å². The molecule has 0 saturated heterocycles. The molecule has 1 unspecified atom stereocenters. The fourth-order valence-electron chi connectivity index (χ4n) is 2.24. The third kappa shape index (κ3) is 5.47. The van der Waals surface area contributed by atoms with E-state index in [2.05, 4.69) is 5.32 Å². The van der Waals surface area contributed by atoms with E-state index in [9.17, 15) is 9.59 Å². The predicted molar refractivity (Wildman–Crippen MR) is 89.0 cm³/mol. The minimum absolute atomic E-state index is 0.0108. The summed E-state index contributed by atoms with van der Waals surface area (Å²) in [5.74, 6) is 0.894. The van der Waals surface area contributed by atoms with Gasteiger partial charge in [0.05, 0.1) is 14.2 Å². The number of hydrogen-bond acceptors (Lipinski definition) is 4. The molecule has 0 saturated carbocycles. The van der Waals surface area contributed by atoms with Crippen LogP contribution in [-0.2, 0) is 4.79 Å². The van der Waals surface area contributed by atoms with Crippen LogP contribution in [0.3, 0.4) is 0 Å². The minimum Gasteiger partial charge on any atom is -0.497 e. The zero-order valence-electron chi connectivity index (χ0n) is 14.5. The normalized spacial score (nSPS) is 11.5. The van der Waals surface area contributed by atoms with Gasteiger partial charge in [0.15, 0.2) is 0 Å². The maximum Gasteiger partial charge on any atom is 0.251 e. The van der Waals surface area contributed by atoms with Crippen LogP contribution in [0.1, 0.15) is 37.6 Å². The van der Waals surface area contributed by atoms with Gasteiger partial charge in [-0.25, -0.2) is 0 Å². The average Bonchev–Trinajstić information content (AvgIpc) is 2.56. The van der Waals surface area contributed by atoms with Crippen molar-refractivity contribution in [2.24, 2.45) is 0 Å². The van der Waals surface area contributed by atoms with E-state index in [-0.39, 0.29) is 17.9 Å². The first kappa shape index (κ1) is 18.8. The van der Waals surface area contributed by atoms with E-state index >= 15 is 0 Å². The second kappa shape index (κ2) is 9.02. The standard InChI is InChI=1S/C17H26N2O4/c1-6-12(2)19(13(3)20)8-7-18-17(21)14-9-15(22-4)11-16(10-14)23-5/h9-12H,6-8H2,1-5H3,(H,18,21). The predicted octanol–water partition coefficient (Wildman–Crippen LogP) is 2.08. The number of nitrogens with zero attached hydrogens (tertiary/aromatic N) is 1. The Balaban J connectivity index is 2.68. The van der Waals surface area contributed by atoms with Crippen molar-refractivity contribution in [2.45, 2.75) is 33.2 Å². The highest BCUT2D eigenvalue weighted by Gasteiger charge is 2.15. The van der Waals surface area contributed by atoms with E-state index in [0.717, 1.165) is 6.42 Å². The highest BCUT2D eigenvalue weighted by molar-refractivity contribution is 5.95. The van der Waals surface area contributed by atoms with E-state index in [1.165, 1.54) is 14.2 Å². The number of rotatable bonds is 8. The average molecular weight is 322 g/mol. The molecule has 6 nitrogen and oxygen atoms in total. The van der Waals surface area contributed by atoms with Crippen LogP contribution in [0.4, 0.5) is 0 Å². The topological polar surface area (TPSA) is 67.9 Å². The molecule has 0 heterocycles. The summed E-state index contributed by atoms with van der Waals surface area (Å²) in [5, 5.41) is 2.82. The van der Waals surface area contributed by atoms with Crippen molar-refractivity contribution in [1.82, 2.24) is 10.2 Å². The van der Waals surface area contributed by atoms with Crippen molar-refractivity contribution in [3.63, 3.8) is 0 Å². The molecule has 0 radical (unpaired) electrons. The molecule has 1 aromatic rings. The van der Waals surface area contributed by atoms with Gasteiger partial charge in [0.1, 0.15) is 11.5 Å². The Hall–Kier alpha value is -2.24. The van der Waals surface area contributed by atoms with Gasteiger partial charge in [-0.1, -0.05) is 6.92 Å². The Bertz CT molecular complexity index is 523. The smallest absolute Gasteiger partial charge is 0.251 e. The molecule has 0 aromatic heterocycles. The SMILES string of the molecule is CCC(C)N(CCNC(=O)c1cc(OC)cc(OC)c1)C(C)=O. The van der Waals surface area contributed by atoms with Crippen molar-refractivity contribution < 1.29 is 19.1 Å². The van der Waals surface area contributed by atoms with Crippen molar-refractivity contribution in [3.8, 4) is 11.5 Å². The number of benzene rings is 1.